The predicted molar refractivity (Wildman–Crippen MR) is 88.3 cm³/mol. The number of anilines is 1. The highest BCUT2D eigenvalue weighted by Gasteiger charge is 2.22. The maximum Gasteiger partial charge on any atom is 0.226 e. The summed E-state index contributed by atoms with van der Waals surface area (Å²) in [5.41, 5.74) is 1.74. The van der Waals surface area contributed by atoms with E-state index in [1.54, 1.807) is 0 Å². The zero-order chi connectivity index (χ0) is 14.9. The highest BCUT2D eigenvalue weighted by atomic mass is 35.5. The van der Waals surface area contributed by atoms with Gasteiger partial charge >= 0.3 is 0 Å². The molecule has 1 N–H and O–H groups in total. The first-order chi connectivity index (χ1) is 10.8. The van der Waals surface area contributed by atoms with Crippen molar-refractivity contribution in [3.05, 3.63) is 11.6 Å². The Hall–Kier alpha value is -1.36. The minimum absolute atomic E-state index is 0.311. The largest absolute Gasteiger partial charge is 0.365 e. The first kappa shape index (κ1) is 14.2. The summed E-state index contributed by atoms with van der Waals surface area (Å²) in [5.74, 6) is 0.804. The van der Waals surface area contributed by atoms with Crippen LogP contribution in [0, 0.1) is 0 Å². The van der Waals surface area contributed by atoms with E-state index in [0.29, 0.717) is 17.4 Å². The van der Waals surface area contributed by atoms with E-state index in [1.165, 1.54) is 57.8 Å². The lowest BCUT2D eigenvalue weighted by atomic mass is 9.95. The second-order valence-corrected chi connectivity index (χ2v) is 6.92. The van der Waals surface area contributed by atoms with Crippen molar-refractivity contribution < 1.29 is 0 Å². The van der Waals surface area contributed by atoms with E-state index in [0.717, 1.165) is 17.0 Å². The second-order valence-electron chi connectivity index (χ2n) is 6.58. The van der Waals surface area contributed by atoms with Gasteiger partial charge in [-0.05, 0) is 37.3 Å². The van der Waals surface area contributed by atoms with Crippen molar-refractivity contribution in [1.82, 2.24) is 19.5 Å². The Bertz CT molecular complexity index is 656. The van der Waals surface area contributed by atoms with Gasteiger partial charge in [-0.15, -0.1) is 0 Å². The van der Waals surface area contributed by atoms with Crippen LogP contribution in [0.5, 0.6) is 0 Å². The summed E-state index contributed by atoms with van der Waals surface area (Å²) in [6.45, 7) is 0. The molecule has 0 bridgehead atoms. The van der Waals surface area contributed by atoms with Crippen LogP contribution in [0.4, 0.5) is 5.82 Å². The molecule has 6 heteroatoms. The number of aromatic nitrogens is 4. The van der Waals surface area contributed by atoms with Gasteiger partial charge in [0.05, 0.1) is 6.33 Å². The van der Waals surface area contributed by atoms with Crippen LogP contribution in [-0.4, -0.2) is 25.6 Å². The third-order valence-electron chi connectivity index (χ3n) is 5.06. The predicted octanol–water partition coefficient (Wildman–Crippen LogP) is 4.34. The third kappa shape index (κ3) is 2.67. The van der Waals surface area contributed by atoms with Gasteiger partial charge in [0.2, 0.25) is 5.28 Å². The molecule has 0 aliphatic heterocycles. The summed E-state index contributed by atoms with van der Waals surface area (Å²) in [6, 6.07) is 0.998. The zero-order valence-corrected chi connectivity index (χ0v) is 13.5. The number of imidazole rings is 1. The molecule has 0 spiro atoms. The normalized spacial score (nSPS) is 20.8. The van der Waals surface area contributed by atoms with Gasteiger partial charge in [-0.1, -0.05) is 32.1 Å². The van der Waals surface area contributed by atoms with E-state index < -0.39 is 0 Å². The number of fused-ring (bicyclic) bond motifs is 1. The fourth-order valence-electron chi connectivity index (χ4n) is 3.88. The fraction of sp³-hybridized carbons (Fsp3) is 0.688. The molecule has 2 aliphatic rings. The molecule has 0 atom stereocenters. The smallest absolute Gasteiger partial charge is 0.226 e. The summed E-state index contributed by atoms with van der Waals surface area (Å²) in [4.78, 5) is 13.4. The van der Waals surface area contributed by atoms with Gasteiger partial charge in [-0.2, -0.15) is 9.97 Å². The summed E-state index contributed by atoms with van der Waals surface area (Å²) in [6.07, 6.45) is 13.2. The lowest BCUT2D eigenvalue weighted by molar-refractivity contribution is 0.462. The number of halogens is 1. The number of hydrogen-bond acceptors (Lipinski definition) is 4. The van der Waals surface area contributed by atoms with Gasteiger partial charge in [0, 0.05) is 12.1 Å². The Morgan fingerprint density at radius 3 is 2.50 bits per heavy atom. The Kier molecular flexibility index (Phi) is 3.90. The van der Waals surface area contributed by atoms with Crippen LogP contribution < -0.4 is 5.32 Å². The Labute approximate surface area is 135 Å². The number of hydrogen-bond donors (Lipinski definition) is 1. The monoisotopic (exact) mass is 319 g/mol. The van der Waals surface area contributed by atoms with Crippen LogP contribution in [0.3, 0.4) is 0 Å². The number of nitrogens with one attached hydrogen (secondary N) is 1. The lowest BCUT2D eigenvalue weighted by Gasteiger charge is -2.23. The van der Waals surface area contributed by atoms with E-state index in [9.17, 15) is 0 Å². The fourth-order valence-corrected chi connectivity index (χ4v) is 4.05. The van der Waals surface area contributed by atoms with Gasteiger partial charge < -0.3 is 9.88 Å². The molecule has 0 saturated heterocycles. The molecule has 2 heterocycles. The standard InChI is InChI=1S/C16H22ClN5/c17-16-20-14(19-11-6-2-1-3-7-11)13-15(21-16)22(10-18-13)12-8-4-5-9-12/h10-12H,1-9H2,(H,19,20,21). The van der Waals surface area contributed by atoms with Crippen LogP contribution in [0.15, 0.2) is 6.33 Å². The molecular formula is C16H22ClN5. The quantitative estimate of drug-likeness (QED) is 0.855. The van der Waals surface area contributed by atoms with Crippen LogP contribution in [0.1, 0.15) is 63.8 Å². The van der Waals surface area contributed by atoms with Crippen LogP contribution >= 0.6 is 11.6 Å². The molecule has 2 saturated carbocycles. The third-order valence-corrected chi connectivity index (χ3v) is 5.23. The van der Waals surface area contributed by atoms with Gasteiger partial charge in [0.25, 0.3) is 0 Å². The van der Waals surface area contributed by atoms with Crippen molar-refractivity contribution >= 4 is 28.6 Å². The van der Waals surface area contributed by atoms with Gasteiger partial charge in [0.1, 0.15) is 0 Å². The van der Waals surface area contributed by atoms with E-state index in [1.807, 2.05) is 6.33 Å². The first-order valence-corrected chi connectivity index (χ1v) is 8.85. The summed E-state index contributed by atoms with van der Waals surface area (Å²) < 4.78 is 2.20. The molecule has 22 heavy (non-hydrogen) atoms. The minimum atomic E-state index is 0.311. The number of rotatable bonds is 3. The lowest BCUT2D eigenvalue weighted by Crippen LogP contribution is -2.23. The molecule has 2 fully saturated rings. The van der Waals surface area contributed by atoms with Gasteiger partial charge in [-0.25, -0.2) is 4.98 Å². The molecule has 5 nitrogen and oxygen atoms in total. The number of nitrogens with zero attached hydrogens (tertiary/aromatic N) is 4. The molecular weight excluding hydrogens is 298 g/mol. The van der Waals surface area contributed by atoms with E-state index in [2.05, 4.69) is 24.8 Å². The van der Waals surface area contributed by atoms with E-state index in [-0.39, 0.29) is 0 Å². The van der Waals surface area contributed by atoms with Crippen molar-refractivity contribution in [2.75, 3.05) is 5.32 Å². The molecule has 0 radical (unpaired) electrons. The minimum Gasteiger partial charge on any atom is -0.365 e. The average molecular weight is 320 g/mol. The molecule has 2 aromatic heterocycles. The highest BCUT2D eigenvalue weighted by molar-refractivity contribution is 6.28. The SMILES string of the molecule is Clc1nc(NC2CCCCC2)c2ncn(C3CCCC3)c2n1. The maximum absolute atomic E-state index is 6.17. The molecule has 2 aromatic rings. The van der Waals surface area contributed by atoms with Crippen molar-refractivity contribution in [3.63, 3.8) is 0 Å². The van der Waals surface area contributed by atoms with Crippen LogP contribution in [0.25, 0.3) is 11.2 Å². The molecule has 2 aliphatic carbocycles. The van der Waals surface area contributed by atoms with E-state index in [4.69, 9.17) is 11.6 Å². The molecule has 0 unspecified atom stereocenters. The summed E-state index contributed by atoms with van der Waals surface area (Å²) in [7, 11) is 0. The maximum atomic E-state index is 6.17. The van der Waals surface area contributed by atoms with Gasteiger partial charge in [-0.3, -0.25) is 0 Å². The molecule has 0 amide bonds. The van der Waals surface area contributed by atoms with Crippen molar-refractivity contribution in [2.45, 2.75) is 69.9 Å². The molecule has 4 rings (SSSR count). The Balaban J connectivity index is 1.68. The Morgan fingerprint density at radius 2 is 1.73 bits per heavy atom. The summed E-state index contributed by atoms with van der Waals surface area (Å²) >= 11 is 6.17. The van der Waals surface area contributed by atoms with Crippen LogP contribution in [0.2, 0.25) is 5.28 Å². The topological polar surface area (TPSA) is 55.6 Å². The van der Waals surface area contributed by atoms with Crippen molar-refractivity contribution in [3.8, 4) is 0 Å². The van der Waals surface area contributed by atoms with Gasteiger partial charge in [0.15, 0.2) is 17.0 Å². The zero-order valence-electron chi connectivity index (χ0n) is 12.8. The van der Waals surface area contributed by atoms with Crippen LogP contribution in [-0.2, 0) is 0 Å². The summed E-state index contributed by atoms with van der Waals surface area (Å²) in [5, 5.41) is 3.87. The van der Waals surface area contributed by atoms with Crippen molar-refractivity contribution in [1.29, 1.82) is 0 Å². The highest BCUT2D eigenvalue weighted by Crippen LogP contribution is 2.33. The Morgan fingerprint density at radius 1 is 1.00 bits per heavy atom. The molecule has 118 valence electrons. The molecule has 0 aromatic carbocycles. The van der Waals surface area contributed by atoms with E-state index >= 15 is 0 Å². The second kappa shape index (κ2) is 6.03. The van der Waals surface area contributed by atoms with Crippen molar-refractivity contribution in [2.24, 2.45) is 0 Å². The average Bonchev–Trinajstić information content (AvgIpc) is 3.16. The first-order valence-electron chi connectivity index (χ1n) is 8.48.